The highest BCUT2D eigenvalue weighted by Gasteiger charge is 2.47. The minimum absolute atomic E-state index is 0.0126. The van der Waals surface area contributed by atoms with E-state index in [1.807, 2.05) is 66.0 Å². The molecule has 4 atom stereocenters. The third-order valence-electron chi connectivity index (χ3n) is 13.3. The zero-order valence-electron chi connectivity index (χ0n) is 37.4. The fraction of sp³-hybridized carbons (Fsp3) is 0.479. The molecule has 2 saturated heterocycles. The van der Waals surface area contributed by atoms with Gasteiger partial charge in [0.2, 0.25) is 23.6 Å². The number of nitrogens with one attached hydrogen (secondary N) is 1. The Hall–Kier alpha value is -5.02. The lowest BCUT2D eigenvalue weighted by Crippen LogP contribution is -2.66. The molecule has 4 aromatic rings. The molecule has 13 nitrogen and oxygen atoms in total. The first-order valence-electron chi connectivity index (χ1n) is 21.9. The molecule has 0 unspecified atom stereocenters. The second kappa shape index (κ2) is 20.0. The fourth-order valence-electron chi connectivity index (χ4n) is 9.30. The third-order valence-corrected chi connectivity index (χ3v) is 13.7. The maximum absolute atomic E-state index is 16.3. The summed E-state index contributed by atoms with van der Waals surface area (Å²) >= 11 is 12.7. The van der Waals surface area contributed by atoms with Gasteiger partial charge in [0.05, 0.1) is 37.1 Å². The number of ether oxygens (including phenoxy) is 2. The number of fused-ring (bicyclic) bond motifs is 2. The number of halogens is 3. The van der Waals surface area contributed by atoms with Gasteiger partial charge in [-0.3, -0.25) is 19.2 Å². The van der Waals surface area contributed by atoms with Crippen LogP contribution in [0.2, 0.25) is 10.0 Å². The number of amides is 4. The molecule has 3 heterocycles. The number of likely N-dealkylation sites (N-methyl/N-ethyl adjacent to an activating group) is 1. The summed E-state index contributed by atoms with van der Waals surface area (Å²) in [4.78, 5) is 70.1. The lowest BCUT2D eigenvalue weighted by atomic mass is 9.73. The van der Waals surface area contributed by atoms with Gasteiger partial charge in [-0.2, -0.15) is 0 Å². The Morgan fingerprint density at radius 3 is 2.33 bits per heavy atom. The van der Waals surface area contributed by atoms with E-state index in [-0.39, 0.29) is 47.7 Å². The molecular formula is C48H58Cl2FN7O6. The molecule has 0 spiro atoms. The summed E-state index contributed by atoms with van der Waals surface area (Å²) in [6.07, 6.45) is 5.78. The minimum Gasteiger partial charge on any atom is -0.457 e. The average molecular weight is 919 g/mol. The van der Waals surface area contributed by atoms with Gasteiger partial charge >= 0.3 is 0 Å². The molecule has 3 fully saturated rings. The standard InChI is InChI=1S/C48H58Cl2FN7O6/c1-30-45(60)53-40(28-63-6)47(62)56(5)48(24-31-11-15-34(49)16-12-31)19-8-20-57(29-48)46(61)37(32-9-7-10-32)23-44(59)58(30)26-38-39(51)21-35(50)22-42(38)64-36-17-13-33(14-18-36)41-25-52-43(55(41)4)27-54(2)3/h11-18,21-22,25,30,32,37,40H,7-10,19-20,23-24,26-29H2,1-6H3,(H,53,60)/t30-,37-,40-,48+/m0/s1. The Labute approximate surface area is 384 Å². The van der Waals surface area contributed by atoms with Gasteiger partial charge in [0.15, 0.2) is 0 Å². The monoisotopic (exact) mass is 917 g/mol. The van der Waals surface area contributed by atoms with E-state index < -0.39 is 53.6 Å². The van der Waals surface area contributed by atoms with Gasteiger partial charge < -0.3 is 39.0 Å². The summed E-state index contributed by atoms with van der Waals surface area (Å²) in [5.74, 6) is -1.84. The van der Waals surface area contributed by atoms with Crippen LogP contribution in [0.5, 0.6) is 11.5 Å². The molecule has 4 amide bonds. The minimum atomic E-state index is -1.22. The molecule has 342 valence electrons. The number of hydrogen-bond donors (Lipinski definition) is 1. The predicted molar refractivity (Wildman–Crippen MR) is 243 cm³/mol. The maximum atomic E-state index is 16.3. The lowest BCUT2D eigenvalue weighted by Gasteiger charge is -2.50. The van der Waals surface area contributed by atoms with E-state index >= 15 is 4.39 Å². The van der Waals surface area contributed by atoms with Crippen molar-refractivity contribution >= 4 is 46.8 Å². The van der Waals surface area contributed by atoms with Crippen LogP contribution in [0.1, 0.15) is 62.4 Å². The van der Waals surface area contributed by atoms with Crippen molar-refractivity contribution in [1.29, 1.82) is 0 Å². The van der Waals surface area contributed by atoms with Crippen molar-refractivity contribution in [1.82, 2.24) is 34.5 Å². The number of carbonyl (C=O) groups excluding carboxylic acids is 4. The molecule has 16 heteroatoms. The highest BCUT2D eigenvalue weighted by Crippen LogP contribution is 2.40. The number of methoxy groups -OCH3 is 1. The van der Waals surface area contributed by atoms with Crippen LogP contribution in [-0.2, 0) is 50.5 Å². The molecule has 0 radical (unpaired) electrons. The second-order valence-corrected chi connectivity index (χ2v) is 18.7. The van der Waals surface area contributed by atoms with Gasteiger partial charge in [-0.15, -0.1) is 0 Å². The van der Waals surface area contributed by atoms with E-state index in [9.17, 15) is 19.2 Å². The van der Waals surface area contributed by atoms with E-state index in [0.29, 0.717) is 43.1 Å². The Balaban J connectivity index is 1.22. The van der Waals surface area contributed by atoms with Gasteiger partial charge in [-0.05, 0) is 113 Å². The maximum Gasteiger partial charge on any atom is 0.247 e. The van der Waals surface area contributed by atoms with Crippen LogP contribution < -0.4 is 10.1 Å². The average Bonchev–Trinajstić information content (AvgIpc) is 3.60. The summed E-state index contributed by atoms with van der Waals surface area (Å²) in [6, 6.07) is 15.0. The second-order valence-electron chi connectivity index (χ2n) is 17.9. The number of carbonyl (C=O) groups is 4. The number of imidazole rings is 1. The molecule has 1 aromatic heterocycles. The van der Waals surface area contributed by atoms with Gasteiger partial charge in [0.25, 0.3) is 0 Å². The predicted octanol–water partition coefficient (Wildman–Crippen LogP) is 7.12. The Morgan fingerprint density at radius 1 is 0.953 bits per heavy atom. The molecule has 2 aliphatic heterocycles. The van der Waals surface area contributed by atoms with Crippen LogP contribution in [0.15, 0.2) is 66.9 Å². The van der Waals surface area contributed by atoms with Crippen LogP contribution in [0.4, 0.5) is 4.39 Å². The lowest BCUT2D eigenvalue weighted by molar-refractivity contribution is -0.154. The Morgan fingerprint density at radius 2 is 1.67 bits per heavy atom. The molecule has 3 aliphatic rings. The van der Waals surface area contributed by atoms with Crippen LogP contribution in [0.3, 0.4) is 0 Å². The van der Waals surface area contributed by atoms with Crippen LogP contribution in [0.25, 0.3) is 11.3 Å². The molecule has 2 bridgehead atoms. The number of benzene rings is 3. The number of nitrogens with zero attached hydrogens (tertiary/aromatic N) is 6. The van der Waals surface area contributed by atoms with E-state index in [2.05, 4.69) is 10.3 Å². The molecule has 1 saturated carbocycles. The van der Waals surface area contributed by atoms with E-state index in [1.54, 1.807) is 36.2 Å². The molecule has 64 heavy (non-hydrogen) atoms. The van der Waals surface area contributed by atoms with Gasteiger partial charge in [0.1, 0.15) is 35.2 Å². The number of hydrogen-bond acceptors (Lipinski definition) is 8. The molecule has 3 aromatic carbocycles. The van der Waals surface area contributed by atoms with E-state index in [0.717, 1.165) is 48.0 Å². The van der Waals surface area contributed by atoms with Crippen molar-refractivity contribution in [3.8, 4) is 22.8 Å². The third kappa shape index (κ3) is 10.3. The zero-order valence-corrected chi connectivity index (χ0v) is 38.9. The van der Waals surface area contributed by atoms with Crippen molar-refractivity contribution in [3.05, 3.63) is 99.7 Å². The number of aromatic nitrogens is 2. The largest absolute Gasteiger partial charge is 0.457 e. The Kier molecular flexibility index (Phi) is 14.7. The summed E-state index contributed by atoms with van der Waals surface area (Å²) in [6.45, 7) is 2.36. The molecule has 1 aliphatic carbocycles. The fourth-order valence-corrected chi connectivity index (χ4v) is 9.62. The van der Waals surface area contributed by atoms with Crippen molar-refractivity contribution in [3.63, 3.8) is 0 Å². The smallest absolute Gasteiger partial charge is 0.247 e. The van der Waals surface area contributed by atoms with E-state index in [4.69, 9.17) is 32.7 Å². The zero-order chi connectivity index (χ0) is 45.9. The topological polar surface area (TPSA) is 130 Å². The van der Waals surface area contributed by atoms with E-state index in [1.165, 1.54) is 25.0 Å². The van der Waals surface area contributed by atoms with Crippen LogP contribution in [0, 0.1) is 17.7 Å². The Bertz CT molecular complexity index is 2340. The first-order chi connectivity index (χ1) is 30.6. The highest BCUT2D eigenvalue weighted by atomic mass is 35.5. The molecule has 1 N–H and O–H groups in total. The summed E-state index contributed by atoms with van der Waals surface area (Å²) < 4.78 is 30.1. The van der Waals surface area contributed by atoms with Crippen molar-refractivity contribution in [2.45, 2.75) is 82.6 Å². The highest BCUT2D eigenvalue weighted by molar-refractivity contribution is 6.31. The normalized spacial score (nSPS) is 22.7. The van der Waals surface area contributed by atoms with Gasteiger partial charge in [-0.25, -0.2) is 9.37 Å². The van der Waals surface area contributed by atoms with Crippen molar-refractivity contribution < 1.29 is 33.0 Å². The van der Waals surface area contributed by atoms with Gasteiger partial charge in [0, 0.05) is 67.8 Å². The summed E-state index contributed by atoms with van der Waals surface area (Å²) in [7, 11) is 9.07. The summed E-state index contributed by atoms with van der Waals surface area (Å²) in [5, 5.41) is 3.53. The van der Waals surface area contributed by atoms with Crippen LogP contribution in [-0.4, -0.2) is 118 Å². The molecule has 7 rings (SSSR count). The van der Waals surface area contributed by atoms with Gasteiger partial charge in [-0.1, -0.05) is 41.8 Å². The van der Waals surface area contributed by atoms with Crippen molar-refractivity contribution in [2.75, 3.05) is 47.9 Å². The molecular weight excluding hydrogens is 860 g/mol. The SMILES string of the molecule is COC[C@@H]1NC(=O)[C@H](C)N(Cc2c(F)cc(Cl)cc2Oc2ccc(-c3cnc(CN(C)C)n3C)cc2)C(=O)C[C@@H](C2CCC2)C(=O)N2CCC[C@@](Cc3ccc(Cl)cc3)(C2)N(C)C1=O. The quantitative estimate of drug-likeness (QED) is 0.159. The summed E-state index contributed by atoms with van der Waals surface area (Å²) in [5.41, 5.74) is 1.90. The number of rotatable bonds is 12. The first-order valence-corrected chi connectivity index (χ1v) is 22.6. The van der Waals surface area contributed by atoms with Crippen molar-refractivity contribution in [2.24, 2.45) is 18.9 Å². The van der Waals surface area contributed by atoms with Crippen LogP contribution >= 0.6 is 23.2 Å². The number of piperidine rings is 1. The first kappa shape index (κ1) is 47.0.